The zero-order valence-electron chi connectivity index (χ0n) is 19.3. The van der Waals surface area contributed by atoms with E-state index in [2.05, 4.69) is 5.32 Å². The van der Waals surface area contributed by atoms with Crippen LogP contribution in [0.2, 0.25) is 0 Å². The number of benzene rings is 2. The Hall–Kier alpha value is -3.11. The lowest BCUT2D eigenvalue weighted by Gasteiger charge is -2.37. The summed E-state index contributed by atoms with van der Waals surface area (Å²) >= 11 is 0. The minimum atomic E-state index is -2.78. The van der Waals surface area contributed by atoms with Crippen molar-refractivity contribution in [2.45, 2.75) is 37.8 Å². The van der Waals surface area contributed by atoms with Crippen molar-refractivity contribution in [3.8, 4) is 11.1 Å². The maximum Gasteiger partial charge on any atom is 0.414 e. The van der Waals surface area contributed by atoms with E-state index in [9.17, 15) is 23.5 Å². The monoisotopic (exact) mass is 491 g/mol. The summed E-state index contributed by atoms with van der Waals surface area (Å²) < 4.78 is 47.9. The number of hydrogen-bond acceptors (Lipinski definition) is 5. The predicted molar refractivity (Wildman–Crippen MR) is 124 cm³/mol. The van der Waals surface area contributed by atoms with E-state index in [4.69, 9.17) is 4.74 Å². The van der Waals surface area contributed by atoms with Gasteiger partial charge in [0, 0.05) is 18.9 Å². The van der Waals surface area contributed by atoms with Crippen LogP contribution in [0.25, 0.3) is 11.1 Å². The van der Waals surface area contributed by atoms with Gasteiger partial charge in [-0.1, -0.05) is 24.3 Å². The standard InChI is InChI=1S/C25H28F3N3O4/c1-16(33)29-12-20-13-31(24(34)35-20)19-7-8-21(22(26)11-19)17-3-5-18(6-4-17)23(14-32)30-10-2-9-25(27,28)15-30/h3-8,11,20,23,32H,2,9-10,12-15H2,1H3,(H,29,33)/t20-,23-/m0/s1. The van der Waals surface area contributed by atoms with Crippen molar-refractivity contribution in [2.75, 3.05) is 37.7 Å². The number of aliphatic hydroxyl groups excluding tert-OH is 1. The van der Waals surface area contributed by atoms with Crippen molar-refractivity contribution in [3.05, 3.63) is 53.8 Å². The third-order valence-corrected chi connectivity index (χ3v) is 6.36. The number of alkyl halides is 2. The lowest BCUT2D eigenvalue weighted by Crippen LogP contribution is -2.45. The number of piperidine rings is 1. The molecule has 10 heteroatoms. The van der Waals surface area contributed by atoms with Gasteiger partial charge in [0.1, 0.15) is 11.9 Å². The number of anilines is 1. The first-order chi connectivity index (χ1) is 16.7. The SMILES string of the molecule is CC(=O)NC[C@H]1CN(c2ccc(-c3ccc([C@H](CO)N4CCCC(F)(F)C4)cc3)c(F)c2)C(=O)O1. The van der Waals surface area contributed by atoms with Gasteiger partial charge in [-0.05, 0) is 42.3 Å². The Kier molecular flexibility index (Phi) is 7.32. The van der Waals surface area contributed by atoms with Crippen molar-refractivity contribution in [2.24, 2.45) is 0 Å². The molecule has 2 aromatic carbocycles. The molecule has 0 aromatic heterocycles. The molecule has 2 heterocycles. The predicted octanol–water partition coefficient (Wildman–Crippen LogP) is 3.72. The van der Waals surface area contributed by atoms with Crippen LogP contribution in [0.1, 0.15) is 31.4 Å². The second-order valence-corrected chi connectivity index (χ2v) is 8.97. The summed E-state index contributed by atoms with van der Waals surface area (Å²) in [5, 5.41) is 12.4. The smallest absolute Gasteiger partial charge is 0.414 e. The third kappa shape index (κ3) is 5.76. The number of nitrogens with one attached hydrogen (secondary N) is 1. The van der Waals surface area contributed by atoms with Crippen LogP contribution < -0.4 is 10.2 Å². The second-order valence-electron chi connectivity index (χ2n) is 8.97. The number of rotatable bonds is 7. The van der Waals surface area contributed by atoms with Gasteiger partial charge in [0.2, 0.25) is 5.91 Å². The fraction of sp³-hybridized carbons (Fsp3) is 0.440. The largest absolute Gasteiger partial charge is 0.442 e. The van der Waals surface area contributed by atoms with Gasteiger partial charge < -0.3 is 15.2 Å². The van der Waals surface area contributed by atoms with E-state index in [0.29, 0.717) is 35.3 Å². The zero-order valence-corrected chi connectivity index (χ0v) is 19.3. The highest BCUT2D eigenvalue weighted by Gasteiger charge is 2.38. The Morgan fingerprint density at radius 3 is 2.63 bits per heavy atom. The summed E-state index contributed by atoms with van der Waals surface area (Å²) in [6.45, 7) is 1.50. The molecular formula is C25H28F3N3O4. The van der Waals surface area contributed by atoms with Crippen LogP contribution in [0.15, 0.2) is 42.5 Å². The molecule has 2 atom stereocenters. The molecule has 35 heavy (non-hydrogen) atoms. The molecule has 2 aromatic rings. The summed E-state index contributed by atoms with van der Waals surface area (Å²) in [6.07, 6.45) is -0.935. The van der Waals surface area contributed by atoms with E-state index in [1.54, 1.807) is 41.3 Å². The molecule has 4 rings (SSSR count). The second kappa shape index (κ2) is 10.2. The van der Waals surface area contributed by atoms with Gasteiger partial charge in [-0.15, -0.1) is 0 Å². The van der Waals surface area contributed by atoms with E-state index in [1.807, 2.05) is 0 Å². The van der Waals surface area contributed by atoms with Gasteiger partial charge >= 0.3 is 6.09 Å². The number of cyclic esters (lactones) is 1. The first-order valence-corrected chi connectivity index (χ1v) is 11.5. The molecule has 0 spiro atoms. The number of amides is 2. The number of hydrogen-bond donors (Lipinski definition) is 2. The van der Waals surface area contributed by atoms with Crippen LogP contribution in [0, 0.1) is 5.82 Å². The Morgan fingerprint density at radius 2 is 2.00 bits per heavy atom. The van der Waals surface area contributed by atoms with Crippen LogP contribution >= 0.6 is 0 Å². The molecule has 0 radical (unpaired) electrons. The number of likely N-dealkylation sites (tertiary alicyclic amines) is 1. The fourth-order valence-corrected chi connectivity index (χ4v) is 4.58. The fourth-order valence-electron chi connectivity index (χ4n) is 4.58. The third-order valence-electron chi connectivity index (χ3n) is 6.36. The molecule has 2 N–H and O–H groups in total. The van der Waals surface area contributed by atoms with E-state index >= 15 is 4.39 Å². The van der Waals surface area contributed by atoms with Crippen LogP contribution in [0.3, 0.4) is 0 Å². The van der Waals surface area contributed by atoms with Crippen LogP contribution in [-0.4, -0.2) is 66.8 Å². The zero-order chi connectivity index (χ0) is 25.2. The summed E-state index contributed by atoms with van der Waals surface area (Å²) in [6, 6.07) is 10.6. The Balaban J connectivity index is 1.47. The summed E-state index contributed by atoms with van der Waals surface area (Å²) in [7, 11) is 0. The average molecular weight is 492 g/mol. The Bertz CT molecular complexity index is 1080. The van der Waals surface area contributed by atoms with E-state index < -0.39 is 36.5 Å². The molecule has 0 saturated carbocycles. The van der Waals surface area contributed by atoms with Gasteiger partial charge in [0.15, 0.2) is 0 Å². The van der Waals surface area contributed by atoms with Gasteiger partial charge in [-0.2, -0.15) is 0 Å². The maximum absolute atomic E-state index is 15.0. The highest BCUT2D eigenvalue weighted by molar-refractivity contribution is 5.90. The molecule has 2 aliphatic heterocycles. The number of ether oxygens (including phenoxy) is 1. The Labute approximate surface area is 201 Å². The number of carbonyl (C=O) groups excluding carboxylic acids is 2. The van der Waals surface area contributed by atoms with Crippen LogP contribution in [0.5, 0.6) is 0 Å². The van der Waals surface area contributed by atoms with Gasteiger partial charge in [0.25, 0.3) is 5.92 Å². The van der Waals surface area contributed by atoms with Crippen LogP contribution in [0.4, 0.5) is 23.7 Å². The number of carbonyl (C=O) groups is 2. The molecular weight excluding hydrogens is 463 g/mol. The highest BCUT2D eigenvalue weighted by atomic mass is 19.3. The summed E-state index contributed by atoms with van der Waals surface area (Å²) in [4.78, 5) is 26.2. The maximum atomic E-state index is 15.0. The molecule has 2 aliphatic rings. The van der Waals surface area contributed by atoms with Crippen molar-refractivity contribution >= 4 is 17.7 Å². The molecule has 0 aliphatic carbocycles. The molecule has 2 saturated heterocycles. The normalized spacial score (nSPS) is 21.0. The molecule has 2 fully saturated rings. The Morgan fingerprint density at radius 1 is 1.26 bits per heavy atom. The first kappa shape index (κ1) is 25.0. The minimum absolute atomic E-state index is 0.152. The average Bonchev–Trinajstić information content (AvgIpc) is 3.18. The van der Waals surface area contributed by atoms with Crippen molar-refractivity contribution in [1.82, 2.24) is 10.2 Å². The lowest BCUT2D eigenvalue weighted by atomic mass is 9.97. The van der Waals surface area contributed by atoms with Crippen molar-refractivity contribution in [1.29, 1.82) is 0 Å². The van der Waals surface area contributed by atoms with Gasteiger partial charge in [-0.25, -0.2) is 18.0 Å². The summed E-state index contributed by atoms with van der Waals surface area (Å²) in [5.41, 5.74) is 1.90. The van der Waals surface area contributed by atoms with E-state index in [-0.39, 0.29) is 32.0 Å². The van der Waals surface area contributed by atoms with Crippen molar-refractivity contribution < 1.29 is 32.6 Å². The molecule has 2 amide bonds. The molecule has 0 bridgehead atoms. The highest BCUT2D eigenvalue weighted by Crippen LogP contribution is 2.34. The van der Waals surface area contributed by atoms with E-state index in [0.717, 1.165) is 0 Å². The van der Waals surface area contributed by atoms with E-state index in [1.165, 1.54) is 17.9 Å². The van der Waals surface area contributed by atoms with Crippen LogP contribution in [-0.2, 0) is 9.53 Å². The molecule has 188 valence electrons. The number of aliphatic hydroxyl groups is 1. The van der Waals surface area contributed by atoms with Gasteiger partial charge in [0.05, 0.1) is 38.0 Å². The number of nitrogens with zero attached hydrogens (tertiary/aromatic N) is 2. The van der Waals surface area contributed by atoms with Crippen molar-refractivity contribution in [3.63, 3.8) is 0 Å². The summed E-state index contributed by atoms with van der Waals surface area (Å²) in [5.74, 6) is -3.55. The lowest BCUT2D eigenvalue weighted by molar-refractivity contribution is -0.119. The topological polar surface area (TPSA) is 82.1 Å². The molecule has 7 nitrogen and oxygen atoms in total. The first-order valence-electron chi connectivity index (χ1n) is 11.5. The number of halogens is 3. The quantitative estimate of drug-likeness (QED) is 0.617. The van der Waals surface area contributed by atoms with Gasteiger partial charge in [-0.3, -0.25) is 14.6 Å². The molecule has 0 unspecified atom stereocenters. The minimum Gasteiger partial charge on any atom is -0.442 e.